The summed E-state index contributed by atoms with van der Waals surface area (Å²) in [7, 11) is 0. The summed E-state index contributed by atoms with van der Waals surface area (Å²) >= 11 is 5.79. The van der Waals surface area contributed by atoms with Crippen LogP contribution in [0, 0.1) is 16.0 Å². The van der Waals surface area contributed by atoms with Crippen molar-refractivity contribution in [2.75, 3.05) is 25.0 Å². The van der Waals surface area contributed by atoms with Gasteiger partial charge in [-0.1, -0.05) is 41.9 Å². The highest BCUT2D eigenvalue weighted by Gasteiger charge is 2.21. The lowest BCUT2D eigenvalue weighted by Crippen LogP contribution is -2.39. The Hall–Kier alpha value is -2.44. The predicted molar refractivity (Wildman–Crippen MR) is 106 cm³/mol. The average molecular weight is 388 g/mol. The fourth-order valence-corrected chi connectivity index (χ4v) is 3.62. The molecule has 1 aliphatic heterocycles. The van der Waals surface area contributed by atoms with Crippen LogP contribution >= 0.6 is 11.6 Å². The number of nitrogens with one attached hydrogen (secondary N) is 1. The first-order chi connectivity index (χ1) is 13.0. The normalized spacial score (nSPS) is 15.4. The Bertz CT molecular complexity index is 805. The molecule has 142 valence electrons. The largest absolute Gasteiger partial charge is 0.325 e. The van der Waals surface area contributed by atoms with Crippen LogP contribution in [0.2, 0.25) is 5.02 Å². The number of hydrogen-bond acceptors (Lipinski definition) is 4. The predicted octanol–water partition coefficient (Wildman–Crippen LogP) is 4.14. The van der Waals surface area contributed by atoms with E-state index in [1.807, 2.05) is 6.07 Å². The van der Waals surface area contributed by atoms with Crippen LogP contribution < -0.4 is 5.32 Å². The van der Waals surface area contributed by atoms with Gasteiger partial charge in [0.2, 0.25) is 5.91 Å². The fourth-order valence-electron chi connectivity index (χ4n) is 3.43. The van der Waals surface area contributed by atoms with Crippen LogP contribution in [0.4, 0.5) is 11.4 Å². The summed E-state index contributed by atoms with van der Waals surface area (Å²) in [6.07, 6.45) is 3.21. The number of likely N-dealkylation sites (tertiary alicyclic amines) is 1. The van der Waals surface area contributed by atoms with Crippen molar-refractivity contribution in [1.29, 1.82) is 0 Å². The molecule has 27 heavy (non-hydrogen) atoms. The van der Waals surface area contributed by atoms with Gasteiger partial charge in [0, 0.05) is 11.8 Å². The quantitative estimate of drug-likeness (QED) is 0.597. The SMILES string of the molecule is O=C(CN1CCC(Cc2ccccc2)CC1)Nc1ccc(Cl)c([N+](=O)[O-])c1. The molecule has 6 nitrogen and oxygen atoms in total. The summed E-state index contributed by atoms with van der Waals surface area (Å²) < 4.78 is 0. The number of nitro groups is 1. The lowest BCUT2D eigenvalue weighted by Gasteiger charge is -2.31. The number of hydrogen-bond donors (Lipinski definition) is 1. The van der Waals surface area contributed by atoms with E-state index in [0.29, 0.717) is 11.6 Å². The van der Waals surface area contributed by atoms with Gasteiger partial charge < -0.3 is 5.32 Å². The van der Waals surface area contributed by atoms with E-state index in [9.17, 15) is 14.9 Å². The van der Waals surface area contributed by atoms with Crippen LogP contribution in [-0.2, 0) is 11.2 Å². The Balaban J connectivity index is 1.47. The third kappa shape index (κ3) is 5.52. The van der Waals surface area contributed by atoms with E-state index >= 15 is 0 Å². The highest BCUT2D eigenvalue weighted by Crippen LogP contribution is 2.27. The summed E-state index contributed by atoms with van der Waals surface area (Å²) in [5, 5.41) is 13.7. The molecule has 7 heteroatoms. The van der Waals surface area contributed by atoms with Crippen molar-refractivity contribution < 1.29 is 9.72 Å². The number of rotatable bonds is 6. The van der Waals surface area contributed by atoms with Crippen molar-refractivity contribution in [3.63, 3.8) is 0 Å². The number of benzene rings is 2. The zero-order chi connectivity index (χ0) is 19.2. The third-order valence-electron chi connectivity index (χ3n) is 4.87. The summed E-state index contributed by atoms with van der Waals surface area (Å²) in [5.41, 5.74) is 1.53. The van der Waals surface area contributed by atoms with Gasteiger partial charge in [0.1, 0.15) is 5.02 Å². The lowest BCUT2D eigenvalue weighted by molar-refractivity contribution is -0.384. The monoisotopic (exact) mass is 387 g/mol. The fraction of sp³-hybridized carbons (Fsp3) is 0.350. The van der Waals surface area contributed by atoms with Gasteiger partial charge in [0.05, 0.1) is 11.5 Å². The van der Waals surface area contributed by atoms with Gasteiger partial charge in [-0.2, -0.15) is 0 Å². The molecule has 1 amide bonds. The summed E-state index contributed by atoms with van der Waals surface area (Å²) in [4.78, 5) is 24.8. The second-order valence-electron chi connectivity index (χ2n) is 6.88. The molecule has 1 aliphatic rings. The number of amides is 1. The Morgan fingerprint density at radius 3 is 2.56 bits per heavy atom. The smallest absolute Gasteiger partial charge is 0.289 e. The molecule has 1 saturated heterocycles. The van der Waals surface area contributed by atoms with Crippen molar-refractivity contribution in [1.82, 2.24) is 4.90 Å². The first-order valence-electron chi connectivity index (χ1n) is 9.01. The molecular weight excluding hydrogens is 366 g/mol. The molecule has 0 radical (unpaired) electrons. The first-order valence-corrected chi connectivity index (χ1v) is 9.39. The number of nitrogens with zero attached hydrogens (tertiary/aromatic N) is 2. The molecule has 0 saturated carbocycles. The second kappa shape index (κ2) is 8.97. The van der Waals surface area contributed by atoms with E-state index < -0.39 is 4.92 Å². The Kier molecular flexibility index (Phi) is 6.42. The summed E-state index contributed by atoms with van der Waals surface area (Å²) in [5.74, 6) is 0.471. The molecule has 0 atom stereocenters. The zero-order valence-electron chi connectivity index (χ0n) is 14.9. The number of anilines is 1. The second-order valence-corrected chi connectivity index (χ2v) is 7.29. The van der Waals surface area contributed by atoms with Gasteiger partial charge in [0.25, 0.3) is 5.69 Å². The molecule has 1 fully saturated rings. The van der Waals surface area contributed by atoms with Crippen LogP contribution in [-0.4, -0.2) is 35.4 Å². The minimum Gasteiger partial charge on any atom is -0.325 e. The molecule has 2 aromatic carbocycles. The van der Waals surface area contributed by atoms with Crippen molar-refractivity contribution in [2.45, 2.75) is 19.3 Å². The molecule has 3 rings (SSSR count). The van der Waals surface area contributed by atoms with E-state index in [-0.39, 0.29) is 23.2 Å². The van der Waals surface area contributed by atoms with Crippen LogP contribution in [0.5, 0.6) is 0 Å². The third-order valence-corrected chi connectivity index (χ3v) is 5.19. The van der Waals surface area contributed by atoms with Crippen molar-refractivity contribution in [3.8, 4) is 0 Å². The number of carbonyl (C=O) groups excluding carboxylic acids is 1. The van der Waals surface area contributed by atoms with E-state index in [4.69, 9.17) is 11.6 Å². The van der Waals surface area contributed by atoms with Crippen molar-refractivity contribution in [3.05, 3.63) is 69.2 Å². The minimum atomic E-state index is -0.560. The lowest BCUT2D eigenvalue weighted by atomic mass is 9.90. The summed E-state index contributed by atoms with van der Waals surface area (Å²) in [6.45, 7) is 2.05. The van der Waals surface area contributed by atoms with Crippen LogP contribution in [0.1, 0.15) is 18.4 Å². The highest BCUT2D eigenvalue weighted by molar-refractivity contribution is 6.32. The number of nitro benzene ring substituents is 1. The highest BCUT2D eigenvalue weighted by atomic mass is 35.5. The number of halogens is 1. The van der Waals surface area contributed by atoms with Crippen LogP contribution in [0.15, 0.2) is 48.5 Å². The van der Waals surface area contributed by atoms with Gasteiger partial charge in [0.15, 0.2) is 0 Å². The molecule has 0 aromatic heterocycles. The van der Waals surface area contributed by atoms with Gasteiger partial charge in [-0.3, -0.25) is 19.8 Å². The molecular formula is C20H22ClN3O3. The molecule has 1 N–H and O–H groups in total. The molecule has 0 spiro atoms. The van der Waals surface area contributed by atoms with Crippen molar-refractivity contribution >= 4 is 28.9 Å². The molecule has 1 heterocycles. The van der Waals surface area contributed by atoms with E-state index in [1.165, 1.54) is 17.7 Å². The van der Waals surface area contributed by atoms with Crippen LogP contribution in [0.25, 0.3) is 0 Å². The van der Waals surface area contributed by atoms with E-state index in [1.54, 1.807) is 6.07 Å². The standard InChI is InChI=1S/C20H22ClN3O3/c21-18-7-6-17(13-19(18)24(26)27)22-20(25)14-23-10-8-16(9-11-23)12-15-4-2-1-3-5-15/h1-7,13,16H,8-12,14H2,(H,22,25). The van der Waals surface area contributed by atoms with Crippen molar-refractivity contribution in [2.24, 2.45) is 5.92 Å². The number of carbonyl (C=O) groups is 1. The van der Waals surface area contributed by atoms with Gasteiger partial charge >= 0.3 is 0 Å². The minimum absolute atomic E-state index is 0.0542. The summed E-state index contributed by atoms with van der Waals surface area (Å²) in [6, 6.07) is 14.7. The Morgan fingerprint density at radius 2 is 1.89 bits per heavy atom. The zero-order valence-corrected chi connectivity index (χ0v) is 15.7. The molecule has 0 aliphatic carbocycles. The maximum absolute atomic E-state index is 12.3. The molecule has 0 bridgehead atoms. The average Bonchev–Trinajstić information content (AvgIpc) is 2.65. The van der Waals surface area contributed by atoms with E-state index in [2.05, 4.69) is 34.5 Å². The first kappa shape index (κ1) is 19.3. The maximum Gasteiger partial charge on any atom is 0.289 e. The van der Waals surface area contributed by atoms with Crippen LogP contribution in [0.3, 0.4) is 0 Å². The maximum atomic E-state index is 12.3. The topological polar surface area (TPSA) is 75.5 Å². The molecule has 0 unspecified atom stereocenters. The Labute approximate surface area is 163 Å². The Morgan fingerprint density at radius 1 is 1.19 bits per heavy atom. The van der Waals surface area contributed by atoms with Gasteiger partial charge in [-0.25, -0.2) is 0 Å². The van der Waals surface area contributed by atoms with Gasteiger partial charge in [-0.15, -0.1) is 0 Å². The van der Waals surface area contributed by atoms with E-state index in [0.717, 1.165) is 32.4 Å². The number of piperidine rings is 1. The molecule has 2 aromatic rings. The van der Waals surface area contributed by atoms with Gasteiger partial charge in [-0.05, 0) is 56.0 Å².